The summed E-state index contributed by atoms with van der Waals surface area (Å²) in [7, 11) is 0. The van der Waals surface area contributed by atoms with Gasteiger partial charge in [-0.05, 0) is 25.5 Å². The largest absolute Gasteiger partial charge is 0.457 e. The maximum Gasteiger partial charge on any atom is 0.339 e. The monoisotopic (exact) mass is 415 g/mol. The van der Waals surface area contributed by atoms with Gasteiger partial charge in [0, 0.05) is 17.8 Å². The lowest BCUT2D eigenvalue weighted by Crippen LogP contribution is -2.48. The molecule has 1 amide bonds. The van der Waals surface area contributed by atoms with Crippen molar-refractivity contribution in [2.75, 3.05) is 11.4 Å². The summed E-state index contributed by atoms with van der Waals surface area (Å²) >= 11 is 0. The lowest BCUT2D eigenvalue weighted by molar-refractivity contribution is -0.142. The molecule has 2 aliphatic rings. The summed E-state index contributed by atoms with van der Waals surface area (Å²) in [5.41, 5.74) is 6.13. The van der Waals surface area contributed by atoms with Gasteiger partial charge >= 0.3 is 5.97 Å². The molecular weight excluding hydrogens is 394 g/mol. The minimum absolute atomic E-state index is 0.0148. The second kappa shape index (κ2) is 7.65. The highest BCUT2D eigenvalue weighted by Crippen LogP contribution is 2.54. The van der Waals surface area contributed by atoms with Crippen LogP contribution in [0.1, 0.15) is 25.0 Å². The number of ether oxygens (including phenoxy) is 2. The Morgan fingerprint density at radius 2 is 1.87 bits per heavy atom. The molecule has 0 bridgehead atoms. The molecule has 2 aromatic carbocycles. The molecule has 0 saturated heterocycles. The standard InChI is InChI=1S/C24H21N3O4/c1-3-27-19-12-8-7-11-17(19)24(23(27)29)18(13-25)21(26)31-15(2)20(24)22(28)30-14-16-9-5-4-6-10-16/h4-12H,3,14,26H2,1-2H3/t24-/m1/s1. The van der Waals surface area contributed by atoms with E-state index in [0.717, 1.165) is 5.56 Å². The van der Waals surface area contributed by atoms with Crippen LogP contribution in [0.25, 0.3) is 0 Å². The number of carbonyl (C=O) groups excluding carboxylic acids is 2. The van der Waals surface area contributed by atoms with Gasteiger partial charge in [-0.25, -0.2) is 4.79 Å². The highest BCUT2D eigenvalue weighted by Gasteiger charge is 2.61. The van der Waals surface area contributed by atoms with Gasteiger partial charge in [0.05, 0.1) is 0 Å². The highest BCUT2D eigenvalue weighted by atomic mass is 16.5. The summed E-state index contributed by atoms with van der Waals surface area (Å²) < 4.78 is 11.1. The third kappa shape index (κ3) is 2.88. The van der Waals surface area contributed by atoms with Crippen molar-refractivity contribution in [1.29, 1.82) is 5.26 Å². The fourth-order valence-electron chi connectivity index (χ4n) is 4.32. The van der Waals surface area contributed by atoms with E-state index in [9.17, 15) is 14.9 Å². The highest BCUT2D eigenvalue weighted by molar-refractivity contribution is 6.18. The minimum Gasteiger partial charge on any atom is -0.457 e. The van der Waals surface area contributed by atoms with Crippen LogP contribution in [0.4, 0.5) is 5.69 Å². The second-order valence-corrected chi connectivity index (χ2v) is 7.26. The Morgan fingerprint density at radius 1 is 1.19 bits per heavy atom. The second-order valence-electron chi connectivity index (χ2n) is 7.26. The van der Waals surface area contributed by atoms with E-state index in [1.54, 1.807) is 36.1 Å². The van der Waals surface area contributed by atoms with Crippen molar-refractivity contribution < 1.29 is 19.1 Å². The number of nitrogens with two attached hydrogens (primary N) is 1. The van der Waals surface area contributed by atoms with Crippen LogP contribution in [0, 0.1) is 11.3 Å². The quantitative estimate of drug-likeness (QED) is 0.770. The number of hydrogen-bond donors (Lipinski definition) is 1. The lowest BCUT2D eigenvalue weighted by atomic mass is 9.68. The Labute approximate surface area is 180 Å². The topological polar surface area (TPSA) is 106 Å². The van der Waals surface area contributed by atoms with Crippen molar-refractivity contribution in [3.05, 3.63) is 88.5 Å². The van der Waals surface area contributed by atoms with E-state index in [-0.39, 0.29) is 29.4 Å². The van der Waals surface area contributed by atoms with E-state index >= 15 is 0 Å². The van der Waals surface area contributed by atoms with E-state index in [2.05, 4.69) is 0 Å². The van der Waals surface area contributed by atoms with Gasteiger partial charge < -0.3 is 20.1 Å². The molecular formula is C24H21N3O4. The molecule has 156 valence electrons. The summed E-state index contributed by atoms with van der Waals surface area (Å²) in [6, 6.07) is 18.3. The fourth-order valence-corrected chi connectivity index (χ4v) is 4.32. The number of para-hydroxylation sites is 1. The van der Waals surface area contributed by atoms with Crippen molar-refractivity contribution in [3.8, 4) is 6.07 Å². The number of benzene rings is 2. The number of amides is 1. The molecule has 4 rings (SSSR count). The van der Waals surface area contributed by atoms with Crippen LogP contribution in [0.2, 0.25) is 0 Å². The number of nitriles is 1. The molecule has 0 saturated carbocycles. The molecule has 0 aliphatic carbocycles. The Balaban J connectivity index is 1.88. The minimum atomic E-state index is -1.71. The summed E-state index contributed by atoms with van der Waals surface area (Å²) in [4.78, 5) is 28.7. The Kier molecular flexibility index (Phi) is 4.99. The Morgan fingerprint density at radius 3 is 2.55 bits per heavy atom. The molecule has 2 aliphatic heterocycles. The van der Waals surface area contributed by atoms with E-state index in [1.807, 2.05) is 43.3 Å². The number of hydrogen-bond acceptors (Lipinski definition) is 6. The van der Waals surface area contributed by atoms with Gasteiger partial charge in [-0.2, -0.15) is 5.26 Å². The number of nitrogens with zero attached hydrogens (tertiary/aromatic N) is 2. The van der Waals surface area contributed by atoms with Crippen molar-refractivity contribution in [2.45, 2.75) is 25.9 Å². The first-order valence-corrected chi connectivity index (χ1v) is 9.88. The predicted molar refractivity (Wildman–Crippen MR) is 113 cm³/mol. The van der Waals surface area contributed by atoms with Crippen molar-refractivity contribution >= 4 is 17.6 Å². The van der Waals surface area contributed by atoms with E-state index in [0.29, 0.717) is 17.8 Å². The summed E-state index contributed by atoms with van der Waals surface area (Å²) in [5.74, 6) is -1.22. The average Bonchev–Trinajstić information content (AvgIpc) is 3.01. The summed E-state index contributed by atoms with van der Waals surface area (Å²) in [6.45, 7) is 3.76. The third-order valence-corrected chi connectivity index (χ3v) is 5.62. The van der Waals surface area contributed by atoms with Gasteiger partial charge in [0.15, 0.2) is 5.41 Å². The third-order valence-electron chi connectivity index (χ3n) is 5.62. The molecule has 2 N–H and O–H groups in total. The van der Waals surface area contributed by atoms with Crippen LogP contribution in [-0.2, 0) is 31.1 Å². The molecule has 0 radical (unpaired) electrons. The first kappa shape index (κ1) is 20.2. The normalized spacial score (nSPS) is 19.9. The van der Waals surface area contributed by atoms with Gasteiger partial charge in [-0.15, -0.1) is 0 Å². The first-order chi connectivity index (χ1) is 15.0. The molecule has 7 nitrogen and oxygen atoms in total. The van der Waals surface area contributed by atoms with Crippen LogP contribution in [0.15, 0.2) is 77.4 Å². The molecule has 1 spiro atoms. The number of likely N-dealkylation sites (N-methyl/N-ethyl adjacent to an activating group) is 1. The van der Waals surface area contributed by atoms with Crippen LogP contribution in [-0.4, -0.2) is 18.4 Å². The molecule has 2 aromatic rings. The van der Waals surface area contributed by atoms with Gasteiger partial charge in [0.1, 0.15) is 29.6 Å². The molecule has 0 fully saturated rings. The number of allylic oxidation sites excluding steroid dienone is 1. The van der Waals surface area contributed by atoms with Gasteiger partial charge in [-0.1, -0.05) is 48.5 Å². The Bertz CT molecular complexity index is 1180. The van der Waals surface area contributed by atoms with Gasteiger partial charge in [-0.3, -0.25) is 4.79 Å². The summed E-state index contributed by atoms with van der Waals surface area (Å²) in [5, 5.41) is 9.97. The zero-order chi connectivity index (χ0) is 22.2. The van der Waals surface area contributed by atoms with E-state index in [1.165, 1.54) is 0 Å². The van der Waals surface area contributed by atoms with Crippen molar-refractivity contribution in [2.24, 2.45) is 5.73 Å². The zero-order valence-electron chi connectivity index (χ0n) is 17.2. The van der Waals surface area contributed by atoms with Crippen LogP contribution < -0.4 is 10.6 Å². The number of fused-ring (bicyclic) bond motifs is 2. The number of carbonyl (C=O) groups is 2. The van der Waals surface area contributed by atoms with Crippen molar-refractivity contribution in [3.63, 3.8) is 0 Å². The molecule has 0 unspecified atom stereocenters. The first-order valence-electron chi connectivity index (χ1n) is 9.88. The molecule has 2 heterocycles. The number of esters is 1. The maximum absolute atomic E-state index is 13.8. The van der Waals surface area contributed by atoms with Gasteiger partial charge in [0.25, 0.3) is 0 Å². The lowest BCUT2D eigenvalue weighted by Gasteiger charge is -2.34. The predicted octanol–water partition coefficient (Wildman–Crippen LogP) is 3.03. The maximum atomic E-state index is 13.8. The summed E-state index contributed by atoms with van der Waals surface area (Å²) in [6.07, 6.45) is 0. The smallest absolute Gasteiger partial charge is 0.339 e. The van der Waals surface area contributed by atoms with Crippen LogP contribution in [0.5, 0.6) is 0 Å². The number of rotatable bonds is 4. The molecule has 0 aromatic heterocycles. The van der Waals surface area contributed by atoms with E-state index < -0.39 is 17.3 Å². The van der Waals surface area contributed by atoms with Crippen LogP contribution >= 0.6 is 0 Å². The molecule has 31 heavy (non-hydrogen) atoms. The SMILES string of the molecule is CCN1C(=O)[C@@]2(C(C#N)=C(N)OC(C)=C2C(=O)OCc2ccccc2)c2ccccc21. The fraction of sp³-hybridized carbons (Fsp3) is 0.208. The number of anilines is 1. The average molecular weight is 415 g/mol. The Hall–Kier alpha value is -4.05. The van der Waals surface area contributed by atoms with Crippen molar-refractivity contribution in [1.82, 2.24) is 0 Å². The zero-order valence-corrected chi connectivity index (χ0v) is 17.2. The molecule has 1 atom stereocenters. The molecule has 7 heteroatoms. The van der Waals surface area contributed by atoms with E-state index in [4.69, 9.17) is 15.2 Å². The van der Waals surface area contributed by atoms with Crippen LogP contribution in [0.3, 0.4) is 0 Å². The van der Waals surface area contributed by atoms with Gasteiger partial charge in [0.2, 0.25) is 11.8 Å².